The number of thiophene rings is 1. The van der Waals surface area contributed by atoms with E-state index in [2.05, 4.69) is 15.3 Å². The van der Waals surface area contributed by atoms with Crippen molar-refractivity contribution < 1.29 is 8.78 Å². The van der Waals surface area contributed by atoms with Crippen molar-refractivity contribution in [2.75, 3.05) is 0 Å². The summed E-state index contributed by atoms with van der Waals surface area (Å²) < 4.78 is 27.0. The number of nitrogens with one attached hydrogen (secondary N) is 2. The van der Waals surface area contributed by atoms with Crippen LogP contribution >= 0.6 is 22.9 Å². The van der Waals surface area contributed by atoms with Gasteiger partial charge >= 0.3 is 0 Å². The number of benzene rings is 2. The largest absolute Gasteiger partial charge is 0.309 e. The molecule has 148 valence electrons. The summed E-state index contributed by atoms with van der Waals surface area (Å²) in [7, 11) is 0. The highest BCUT2D eigenvalue weighted by Gasteiger charge is 2.16. The minimum absolute atomic E-state index is 0.225. The van der Waals surface area contributed by atoms with Crippen LogP contribution in [0.3, 0.4) is 0 Å². The minimum atomic E-state index is -0.623. The van der Waals surface area contributed by atoms with E-state index in [1.54, 1.807) is 13.0 Å². The van der Waals surface area contributed by atoms with E-state index >= 15 is 0 Å². The zero-order valence-corrected chi connectivity index (χ0v) is 16.9. The maximum atomic E-state index is 13.9. The number of halogens is 3. The molecule has 1 atom stereocenters. The Morgan fingerprint density at radius 2 is 2.00 bits per heavy atom. The topological polar surface area (TPSA) is 57.8 Å². The predicted octanol–water partition coefficient (Wildman–Crippen LogP) is 5.43. The van der Waals surface area contributed by atoms with Gasteiger partial charge in [-0.25, -0.2) is 13.8 Å². The number of aromatic amines is 1. The maximum Gasteiger partial charge on any atom is 0.260 e. The fraction of sp³-hybridized carbons (Fsp3) is 0.143. The van der Waals surface area contributed by atoms with E-state index in [-0.39, 0.29) is 12.1 Å². The van der Waals surface area contributed by atoms with Crippen LogP contribution in [0.15, 0.2) is 52.6 Å². The molecule has 0 amide bonds. The molecule has 2 aromatic heterocycles. The first-order valence-electron chi connectivity index (χ1n) is 8.87. The van der Waals surface area contributed by atoms with Crippen LogP contribution in [0.4, 0.5) is 8.78 Å². The van der Waals surface area contributed by atoms with Gasteiger partial charge in [0.25, 0.3) is 5.56 Å². The molecule has 0 spiro atoms. The van der Waals surface area contributed by atoms with Crippen molar-refractivity contribution in [3.8, 4) is 11.1 Å². The number of nitrogens with zero attached hydrogens (tertiary/aromatic N) is 1. The standard InChI is InChI=1S/C21H16ClF2N3OS/c1-11(13-7-6-12(23)8-17(13)24)25-9-18-26-20(28)19-15(10-29-21(19)27-18)14-4-2-3-5-16(14)22/h2-8,10-11,25H,9H2,1H3,(H,26,27,28)/t11-/m0/s1. The Bertz CT molecular complexity index is 1250. The molecular weight excluding hydrogens is 416 g/mol. The highest BCUT2D eigenvalue weighted by Crippen LogP contribution is 2.34. The number of hydrogen-bond acceptors (Lipinski definition) is 4. The molecule has 0 aliphatic carbocycles. The summed E-state index contributed by atoms with van der Waals surface area (Å²) in [5.74, 6) is -0.809. The number of aromatic nitrogens is 2. The number of hydrogen-bond donors (Lipinski definition) is 2. The minimum Gasteiger partial charge on any atom is -0.309 e. The molecule has 8 heteroatoms. The van der Waals surface area contributed by atoms with Crippen molar-refractivity contribution >= 4 is 33.2 Å². The van der Waals surface area contributed by atoms with Gasteiger partial charge in [0.05, 0.1) is 11.9 Å². The van der Waals surface area contributed by atoms with Crippen LogP contribution in [0.25, 0.3) is 21.3 Å². The van der Waals surface area contributed by atoms with Gasteiger partial charge in [0.1, 0.15) is 22.3 Å². The fourth-order valence-corrected chi connectivity index (χ4v) is 4.36. The van der Waals surface area contributed by atoms with Gasteiger partial charge in [0.15, 0.2) is 0 Å². The number of H-pyrrole nitrogens is 1. The van der Waals surface area contributed by atoms with Crippen LogP contribution in [0.2, 0.25) is 5.02 Å². The van der Waals surface area contributed by atoms with E-state index in [4.69, 9.17) is 11.6 Å². The fourth-order valence-electron chi connectivity index (χ4n) is 3.17. The van der Waals surface area contributed by atoms with E-state index in [9.17, 15) is 13.6 Å². The van der Waals surface area contributed by atoms with E-state index in [1.807, 2.05) is 23.6 Å². The number of fused-ring (bicyclic) bond motifs is 1. The average Bonchev–Trinajstić information content (AvgIpc) is 3.11. The molecule has 4 rings (SSSR count). The quantitative estimate of drug-likeness (QED) is 0.442. The van der Waals surface area contributed by atoms with Crippen LogP contribution < -0.4 is 10.9 Å². The monoisotopic (exact) mass is 431 g/mol. The van der Waals surface area contributed by atoms with Crippen molar-refractivity contribution in [2.45, 2.75) is 19.5 Å². The van der Waals surface area contributed by atoms with Gasteiger partial charge in [-0.1, -0.05) is 35.9 Å². The Balaban J connectivity index is 1.60. The molecule has 4 aromatic rings. The van der Waals surface area contributed by atoms with E-state index in [0.29, 0.717) is 26.6 Å². The molecule has 0 saturated heterocycles. The molecule has 0 bridgehead atoms. The van der Waals surface area contributed by atoms with Gasteiger partial charge in [-0.2, -0.15) is 0 Å². The molecule has 2 aromatic carbocycles. The van der Waals surface area contributed by atoms with Crippen LogP contribution in [0, 0.1) is 11.6 Å². The Labute approximate surface area is 174 Å². The molecule has 0 radical (unpaired) electrons. The lowest BCUT2D eigenvalue weighted by atomic mass is 10.1. The summed E-state index contributed by atoms with van der Waals surface area (Å²) in [4.78, 5) is 20.6. The first-order chi connectivity index (χ1) is 13.9. The summed E-state index contributed by atoms with van der Waals surface area (Å²) in [6, 6.07) is 10.4. The molecule has 4 nitrogen and oxygen atoms in total. The highest BCUT2D eigenvalue weighted by atomic mass is 35.5. The second-order valence-corrected chi connectivity index (χ2v) is 7.86. The molecule has 0 unspecified atom stereocenters. The zero-order valence-electron chi connectivity index (χ0n) is 15.3. The van der Waals surface area contributed by atoms with Crippen LogP contribution in [0.5, 0.6) is 0 Å². The maximum absolute atomic E-state index is 13.9. The third-order valence-electron chi connectivity index (χ3n) is 4.66. The first kappa shape index (κ1) is 19.7. The van der Waals surface area contributed by atoms with E-state index in [0.717, 1.165) is 17.2 Å². The SMILES string of the molecule is C[C@H](NCc1nc2scc(-c3ccccc3Cl)c2c(=O)[nH]1)c1ccc(F)cc1F. The molecule has 0 fully saturated rings. The molecule has 2 heterocycles. The second kappa shape index (κ2) is 8.02. The van der Waals surface area contributed by atoms with Gasteiger partial charge in [0, 0.05) is 39.2 Å². The molecule has 0 aliphatic rings. The summed E-state index contributed by atoms with van der Waals surface area (Å²) in [5, 5.41) is 6.02. The smallest absolute Gasteiger partial charge is 0.260 e. The Morgan fingerprint density at radius 1 is 1.21 bits per heavy atom. The normalized spacial score (nSPS) is 12.4. The summed E-state index contributed by atoms with van der Waals surface area (Å²) in [6.07, 6.45) is 0. The second-order valence-electron chi connectivity index (χ2n) is 6.59. The van der Waals surface area contributed by atoms with Crippen molar-refractivity contribution in [1.29, 1.82) is 0 Å². The van der Waals surface area contributed by atoms with Crippen LogP contribution in [-0.2, 0) is 6.54 Å². The average molecular weight is 432 g/mol. The predicted molar refractivity (Wildman–Crippen MR) is 112 cm³/mol. The summed E-state index contributed by atoms with van der Waals surface area (Å²) in [5.41, 5.74) is 1.60. The van der Waals surface area contributed by atoms with Gasteiger partial charge in [-0.3, -0.25) is 4.79 Å². The van der Waals surface area contributed by atoms with Crippen LogP contribution in [-0.4, -0.2) is 9.97 Å². The van der Waals surface area contributed by atoms with Gasteiger partial charge in [-0.05, 0) is 19.1 Å². The van der Waals surface area contributed by atoms with Crippen LogP contribution in [0.1, 0.15) is 24.4 Å². The molecule has 0 saturated carbocycles. The van der Waals surface area contributed by atoms with Gasteiger partial charge in [0.2, 0.25) is 0 Å². The molecule has 29 heavy (non-hydrogen) atoms. The van der Waals surface area contributed by atoms with Crippen molar-refractivity contribution in [3.05, 3.63) is 86.2 Å². The van der Waals surface area contributed by atoms with Crippen molar-refractivity contribution in [2.24, 2.45) is 0 Å². The van der Waals surface area contributed by atoms with E-state index in [1.165, 1.54) is 23.5 Å². The molecule has 0 aliphatic heterocycles. The van der Waals surface area contributed by atoms with Gasteiger partial charge in [-0.15, -0.1) is 11.3 Å². The van der Waals surface area contributed by atoms with Gasteiger partial charge < -0.3 is 10.3 Å². The first-order valence-corrected chi connectivity index (χ1v) is 10.1. The van der Waals surface area contributed by atoms with Crippen molar-refractivity contribution in [3.63, 3.8) is 0 Å². The molecular formula is C21H16ClF2N3OS. The Kier molecular flexibility index (Phi) is 5.45. The lowest BCUT2D eigenvalue weighted by Crippen LogP contribution is -2.22. The summed E-state index contributed by atoms with van der Waals surface area (Å²) in [6.45, 7) is 1.98. The van der Waals surface area contributed by atoms with E-state index < -0.39 is 17.7 Å². The number of rotatable bonds is 5. The third-order valence-corrected chi connectivity index (χ3v) is 5.86. The third kappa shape index (κ3) is 3.94. The molecule has 2 N–H and O–H groups in total. The lowest BCUT2D eigenvalue weighted by Gasteiger charge is -2.14. The Morgan fingerprint density at radius 3 is 2.76 bits per heavy atom. The summed E-state index contributed by atoms with van der Waals surface area (Å²) >= 11 is 7.63. The highest BCUT2D eigenvalue weighted by molar-refractivity contribution is 7.17. The zero-order chi connectivity index (χ0) is 20.5. The van der Waals surface area contributed by atoms with Crippen molar-refractivity contribution in [1.82, 2.24) is 15.3 Å². The Hall–Kier alpha value is -2.61. The lowest BCUT2D eigenvalue weighted by molar-refractivity contribution is 0.511.